The Bertz CT molecular complexity index is 1130. The molecule has 9 heteroatoms. The summed E-state index contributed by atoms with van der Waals surface area (Å²) in [5.74, 6) is 1.13. The maximum Gasteiger partial charge on any atom is 0.257 e. The first-order valence-corrected chi connectivity index (χ1v) is 10.8. The second-order valence-corrected chi connectivity index (χ2v) is 7.67. The number of nitrogens with one attached hydrogen (secondary N) is 1. The second kappa shape index (κ2) is 10.1. The van der Waals surface area contributed by atoms with E-state index in [0.29, 0.717) is 40.9 Å². The Hall–Kier alpha value is -4.01. The Morgan fingerprint density at radius 1 is 1.00 bits per heavy atom. The number of aryl methyl sites for hydroxylation is 1. The van der Waals surface area contributed by atoms with Crippen molar-refractivity contribution in [1.29, 1.82) is 0 Å². The quantitative estimate of drug-likeness (QED) is 0.559. The molecule has 1 N–H and O–H groups in total. The summed E-state index contributed by atoms with van der Waals surface area (Å²) < 4.78 is 11.6. The maximum absolute atomic E-state index is 12.8. The molecule has 9 nitrogen and oxygen atoms in total. The fraction of sp³-hybridized carbons (Fsp3) is 0.292. The van der Waals surface area contributed by atoms with Crippen LogP contribution in [0.3, 0.4) is 0 Å². The van der Waals surface area contributed by atoms with Crippen molar-refractivity contribution < 1.29 is 19.1 Å². The van der Waals surface area contributed by atoms with Crippen LogP contribution in [0.5, 0.6) is 17.4 Å². The number of carbonyl (C=O) groups excluding carboxylic acids is 2. The Balaban J connectivity index is 1.52. The third-order valence-electron chi connectivity index (χ3n) is 4.99. The number of hydrogen-bond acceptors (Lipinski definition) is 7. The molecule has 2 amide bonds. The fourth-order valence-electron chi connectivity index (χ4n) is 3.10. The summed E-state index contributed by atoms with van der Waals surface area (Å²) in [6, 6.07) is 8.25. The highest BCUT2D eigenvalue weighted by Crippen LogP contribution is 2.27. The average molecular weight is 447 g/mol. The van der Waals surface area contributed by atoms with E-state index in [2.05, 4.69) is 20.3 Å². The maximum atomic E-state index is 12.8. The number of nitrogens with zero attached hydrogens (tertiary/aromatic N) is 4. The summed E-state index contributed by atoms with van der Waals surface area (Å²) in [5, 5.41) is 2.72. The molecule has 3 aromatic rings. The van der Waals surface area contributed by atoms with Crippen LogP contribution in [0, 0.1) is 6.92 Å². The van der Waals surface area contributed by atoms with Gasteiger partial charge in [0.15, 0.2) is 5.82 Å². The van der Waals surface area contributed by atoms with Crippen LogP contribution < -0.4 is 14.8 Å². The smallest absolute Gasteiger partial charge is 0.257 e. The largest absolute Gasteiger partial charge is 0.493 e. The van der Waals surface area contributed by atoms with Crippen LogP contribution in [0.1, 0.15) is 46.2 Å². The van der Waals surface area contributed by atoms with E-state index >= 15 is 0 Å². The average Bonchev–Trinajstić information content (AvgIpc) is 2.78. The van der Waals surface area contributed by atoms with E-state index in [1.807, 2.05) is 13.8 Å². The lowest BCUT2D eigenvalue weighted by Gasteiger charge is -2.30. The van der Waals surface area contributed by atoms with Crippen molar-refractivity contribution in [3.05, 3.63) is 65.7 Å². The Labute approximate surface area is 191 Å². The van der Waals surface area contributed by atoms with Crippen LogP contribution in [0.15, 0.2) is 48.9 Å². The summed E-state index contributed by atoms with van der Waals surface area (Å²) in [4.78, 5) is 39.4. The predicted octanol–water partition coefficient (Wildman–Crippen LogP) is 3.86. The van der Waals surface area contributed by atoms with E-state index < -0.39 is 0 Å². The van der Waals surface area contributed by atoms with Crippen molar-refractivity contribution >= 4 is 17.6 Å². The summed E-state index contributed by atoms with van der Waals surface area (Å²) in [7, 11) is 0. The number of amides is 2. The van der Waals surface area contributed by atoms with Crippen molar-refractivity contribution in [3.8, 4) is 17.4 Å². The van der Waals surface area contributed by atoms with Crippen LogP contribution in [0.25, 0.3) is 0 Å². The van der Waals surface area contributed by atoms with Crippen molar-refractivity contribution in [2.24, 2.45) is 0 Å². The van der Waals surface area contributed by atoms with Gasteiger partial charge in [-0.25, -0.2) is 9.97 Å². The highest BCUT2D eigenvalue weighted by molar-refractivity contribution is 6.04. The molecule has 1 aliphatic rings. The Morgan fingerprint density at radius 2 is 1.82 bits per heavy atom. The number of hydrogen-bond donors (Lipinski definition) is 1. The van der Waals surface area contributed by atoms with Gasteiger partial charge in [-0.2, -0.15) is 0 Å². The molecular weight excluding hydrogens is 422 g/mol. The SMILES string of the molecule is CCCOc1cc(Oc2ccc(C(=O)N3CCC3)cn2)cc(C(=O)Nc2cnc(C)cn2)c1. The summed E-state index contributed by atoms with van der Waals surface area (Å²) in [6.07, 6.45) is 6.42. The first-order chi connectivity index (χ1) is 16.0. The molecule has 1 fully saturated rings. The van der Waals surface area contributed by atoms with Crippen LogP contribution in [-0.2, 0) is 0 Å². The molecule has 1 saturated heterocycles. The molecule has 4 rings (SSSR count). The lowest BCUT2D eigenvalue weighted by molar-refractivity contribution is 0.0651. The van der Waals surface area contributed by atoms with Gasteiger partial charge in [0.2, 0.25) is 5.88 Å². The highest BCUT2D eigenvalue weighted by atomic mass is 16.5. The van der Waals surface area contributed by atoms with Crippen molar-refractivity contribution in [2.45, 2.75) is 26.7 Å². The van der Waals surface area contributed by atoms with Gasteiger partial charge in [0.05, 0.1) is 30.3 Å². The summed E-state index contributed by atoms with van der Waals surface area (Å²) in [5.41, 5.74) is 1.61. The van der Waals surface area contributed by atoms with Gasteiger partial charge in [0, 0.05) is 37.0 Å². The minimum atomic E-state index is -0.372. The van der Waals surface area contributed by atoms with Gasteiger partial charge in [-0.05, 0) is 38.0 Å². The topological polar surface area (TPSA) is 107 Å². The number of pyridine rings is 1. The van der Waals surface area contributed by atoms with Gasteiger partial charge < -0.3 is 19.7 Å². The highest BCUT2D eigenvalue weighted by Gasteiger charge is 2.21. The summed E-state index contributed by atoms with van der Waals surface area (Å²) >= 11 is 0. The first-order valence-electron chi connectivity index (χ1n) is 10.8. The van der Waals surface area contributed by atoms with Crippen LogP contribution in [0.4, 0.5) is 5.82 Å². The fourth-order valence-corrected chi connectivity index (χ4v) is 3.10. The molecule has 0 spiro atoms. The number of carbonyl (C=O) groups is 2. The van der Waals surface area contributed by atoms with E-state index in [1.54, 1.807) is 41.4 Å². The number of benzene rings is 1. The lowest BCUT2D eigenvalue weighted by atomic mass is 10.1. The molecule has 0 unspecified atom stereocenters. The molecule has 0 saturated carbocycles. The first kappa shape index (κ1) is 22.2. The van der Waals surface area contributed by atoms with Crippen molar-refractivity contribution in [1.82, 2.24) is 19.9 Å². The van der Waals surface area contributed by atoms with Gasteiger partial charge in [-0.3, -0.25) is 14.6 Å². The third-order valence-corrected chi connectivity index (χ3v) is 4.99. The van der Waals surface area contributed by atoms with E-state index in [-0.39, 0.29) is 11.8 Å². The van der Waals surface area contributed by atoms with E-state index in [1.165, 1.54) is 12.4 Å². The molecule has 1 aromatic carbocycles. The third kappa shape index (κ3) is 5.62. The molecule has 0 aliphatic carbocycles. The van der Waals surface area contributed by atoms with Crippen LogP contribution >= 0.6 is 0 Å². The number of ether oxygens (including phenoxy) is 2. The van der Waals surface area contributed by atoms with Gasteiger partial charge in [0.25, 0.3) is 11.8 Å². The Morgan fingerprint density at radius 3 is 2.45 bits per heavy atom. The van der Waals surface area contributed by atoms with E-state index in [4.69, 9.17) is 9.47 Å². The molecule has 1 aliphatic heterocycles. The number of anilines is 1. The second-order valence-electron chi connectivity index (χ2n) is 7.67. The zero-order valence-electron chi connectivity index (χ0n) is 18.6. The summed E-state index contributed by atoms with van der Waals surface area (Å²) in [6.45, 7) is 5.87. The Kier molecular flexibility index (Phi) is 6.77. The van der Waals surface area contributed by atoms with Gasteiger partial charge in [-0.1, -0.05) is 6.92 Å². The number of likely N-dealkylation sites (tertiary alicyclic amines) is 1. The van der Waals surface area contributed by atoms with E-state index in [9.17, 15) is 9.59 Å². The van der Waals surface area contributed by atoms with Gasteiger partial charge >= 0.3 is 0 Å². The molecule has 0 bridgehead atoms. The molecule has 0 atom stereocenters. The molecule has 2 aromatic heterocycles. The van der Waals surface area contributed by atoms with Crippen LogP contribution in [0.2, 0.25) is 0 Å². The zero-order valence-corrected chi connectivity index (χ0v) is 18.6. The van der Waals surface area contributed by atoms with Gasteiger partial charge in [0.1, 0.15) is 11.5 Å². The molecule has 170 valence electrons. The van der Waals surface area contributed by atoms with Gasteiger partial charge in [-0.15, -0.1) is 0 Å². The predicted molar refractivity (Wildman–Crippen MR) is 122 cm³/mol. The van der Waals surface area contributed by atoms with Crippen molar-refractivity contribution in [3.63, 3.8) is 0 Å². The van der Waals surface area contributed by atoms with E-state index in [0.717, 1.165) is 31.6 Å². The monoisotopic (exact) mass is 447 g/mol. The van der Waals surface area contributed by atoms with Crippen molar-refractivity contribution in [2.75, 3.05) is 25.0 Å². The lowest BCUT2D eigenvalue weighted by Crippen LogP contribution is -2.42. The number of aromatic nitrogens is 3. The molecule has 33 heavy (non-hydrogen) atoms. The minimum absolute atomic E-state index is 0.0339. The molecular formula is C24H25N5O4. The minimum Gasteiger partial charge on any atom is -0.493 e. The zero-order chi connectivity index (χ0) is 23.2. The normalized spacial score (nSPS) is 12.6. The molecule has 3 heterocycles. The standard InChI is InChI=1S/C24H25N5O4/c1-3-9-32-19-10-18(23(30)28-21-15-25-16(2)13-26-21)11-20(12-19)33-22-6-5-17(14-27-22)24(31)29-7-4-8-29/h5-6,10-15H,3-4,7-9H2,1-2H3,(H,26,28,30). The number of rotatable bonds is 8. The van der Waals surface area contributed by atoms with Crippen LogP contribution in [-0.4, -0.2) is 51.4 Å². The molecule has 0 radical (unpaired) electrons.